The fourth-order valence-electron chi connectivity index (χ4n) is 4.41. The maximum Gasteiger partial charge on any atom is 0.138 e. The highest BCUT2D eigenvalue weighted by atomic mass is 79.9. The summed E-state index contributed by atoms with van der Waals surface area (Å²) < 4.78 is 12.4. The van der Waals surface area contributed by atoms with Gasteiger partial charge in [-0.1, -0.05) is 28.1 Å². The van der Waals surface area contributed by atoms with Gasteiger partial charge in [0.05, 0.1) is 25.2 Å². The second-order valence-electron chi connectivity index (χ2n) is 7.78. The molecule has 30 heavy (non-hydrogen) atoms. The van der Waals surface area contributed by atoms with E-state index in [1.165, 1.54) is 11.1 Å². The Bertz CT molecular complexity index is 984. The maximum atomic E-state index is 5.71. The van der Waals surface area contributed by atoms with Crippen LogP contribution in [0.3, 0.4) is 0 Å². The van der Waals surface area contributed by atoms with E-state index in [-0.39, 0.29) is 0 Å². The molecule has 0 saturated carbocycles. The zero-order valence-corrected chi connectivity index (χ0v) is 19.1. The number of hydrogen-bond donors (Lipinski definition) is 1. The molecular weight excluding hydrogens is 464 g/mol. The number of anilines is 1. The van der Waals surface area contributed by atoms with E-state index in [4.69, 9.17) is 9.47 Å². The van der Waals surface area contributed by atoms with Gasteiger partial charge >= 0.3 is 0 Å². The summed E-state index contributed by atoms with van der Waals surface area (Å²) in [6.45, 7) is 6.11. The van der Waals surface area contributed by atoms with Crippen LogP contribution >= 0.6 is 27.3 Å². The third kappa shape index (κ3) is 4.24. The lowest BCUT2D eigenvalue weighted by Crippen LogP contribution is -2.50. The molecule has 0 radical (unpaired) electrons. The van der Waals surface area contributed by atoms with Crippen LogP contribution in [0, 0.1) is 5.92 Å². The van der Waals surface area contributed by atoms with Crippen molar-refractivity contribution in [3.8, 4) is 11.1 Å². The zero-order chi connectivity index (χ0) is 20.3. The average Bonchev–Trinajstić information content (AvgIpc) is 3.46. The Morgan fingerprint density at radius 1 is 1.13 bits per heavy atom. The first-order valence-corrected chi connectivity index (χ1v) is 12.1. The van der Waals surface area contributed by atoms with Gasteiger partial charge in [0.15, 0.2) is 0 Å². The summed E-state index contributed by atoms with van der Waals surface area (Å²) in [6, 6.07) is 8.83. The van der Waals surface area contributed by atoms with Gasteiger partial charge < -0.3 is 14.8 Å². The van der Waals surface area contributed by atoms with E-state index in [1.54, 1.807) is 17.7 Å². The van der Waals surface area contributed by atoms with Crippen molar-refractivity contribution in [3.05, 3.63) is 40.4 Å². The van der Waals surface area contributed by atoms with Gasteiger partial charge in [-0.15, -0.1) is 11.3 Å². The Labute approximate surface area is 188 Å². The van der Waals surface area contributed by atoms with Crippen molar-refractivity contribution >= 4 is 43.3 Å². The number of halogens is 1. The van der Waals surface area contributed by atoms with E-state index in [9.17, 15) is 0 Å². The molecule has 2 unspecified atom stereocenters. The molecule has 2 aromatic heterocycles. The van der Waals surface area contributed by atoms with Crippen LogP contribution < -0.4 is 5.32 Å². The van der Waals surface area contributed by atoms with E-state index < -0.39 is 0 Å². The number of hydrogen-bond acceptors (Lipinski definition) is 7. The van der Waals surface area contributed by atoms with Crippen LogP contribution in [-0.4, -0.2) is 67.0 Å². The molecule has 2 fully saturated rings. The Morgan fingerprint density at radius 3 is 2.73 bits per heavy atom. The van der Waals surface area contributed by atoms with Crippen LogP contribution in [0.5, 0.6) is 0 Å². The normalized spacial score (nSPS) is 21.2. The van der Waals surface area contributed by atoms with Crippen LogP contribution in [0.15, 0.2) is 40.4 Å². The van der Waals surface area contributed by atoms with Gasteiger partial charge in [0.1, 0.15) is 17.0 Å². The minimum atomic E-state index is 0.413. The summed E-state index contributed by atoms with van der Waals surface area (Å²) in [5.41, 5.74) is 2.36. The third-order valence-electron chi connectivity index (χ3n) is 6.03. The summed E-state index contributed by atoms with van der Waals surface area (Å²) in [5.74, 6) is 1.46. The lowest BCUT2D eigenvalue weighted by molar-refractivity contribution is 0.00460. The van der Waals surface area contributed by atoms with Crippen molar-refractivity contribution in [3.63, 3.8) is 0 Å². The lowest BCUT2D eigenvalue weighted by Gasteiger charge is -2.37. The number of ether oxygens (including phenoxy) is 2. The molecule has 158 valence electrons. The predicted octanol–water partition coefficient (Wildman–Crippen LogP) is 4.27. The number of rotatable bonds is 6. The Balaban J connectivity index is 1.42. The molecule has 2 atom stereocenters. The Hall–Kier alpha value is -1.58. The molecule has 1 aromatic carbocycles. The highest BCUT2D eigenvalue weighted by molar-refractivity contribution is 9.10. The van der Waals surface area contributed by atoms with Crippen molar-refractivity contribution in [2.75, 3.05) is 51.4 Å². The lowest BCUT2D eigenvalue weighted by atomic mass is 9.96. The molecule has 4 heterocycles. The summed E-state index contributed by atoms with van der Waals surface area (Å²) in [5, 5.41) is 6.96. The van der Waals surface area contributed by atoms with Gasteiger partial charge in [0.2, 0.25) is 0 Å². The van der Waals surface area contributed by atoms with Crippen LogP contribution in [0.4, 0.5) is 5.82 Å². The zero-order valence-electron chi connectivity index (χ0n) is 16.7. The second-order valence-corrected chi connectivity index (χ2v) is 9.55. The summed E-state index contributed by atoms with van der Waals surface area (Å²) >= 11 is 5.19. The minimum Gasteiger partial charge on any atom is -0.381 e. The number of nitrogens with one attached hydrogen (secondary N) is 1. The molecule has 2 aliphatic rings. The SMILES string of the molecule is Brc1ccc(-c2csc3ncnc(NCC(C4CCOC4)N4CCOCC4)c23)cc1. The molecule has 0 spiro atoms. The Morgan fingerprint density at radius 2 is 1.97 bits per heavy atom. The number of nitrogens with zero attached hydrogens (tertiary/aromatic N) is 3. The monoisotopic (exact) mass is 488 g/mol. The molecule has 6 nitrogen and oxygen atoms in total. The second kappa shape index (κ2) is 9.28. The van der Waals surface area contributed by atoms with Gasteiger partial charge in [-0.3, -0.25) is 4.90 Å². The fourth-order valence-corrected chi connectivity index (χ4v) is 5.59. The largest absolute Gasteiger partial charge is 0.381 e. The topological polar surface area (TPSA) is 59.5 Å². The first-order chi connectivity index (χ1) is 14.8. The molecule has 0 amide bonds. The van der Waals surface area contributed by atoms with Crippen molar-refractivity contribution < 1.29 is 9.47 Å². The van der Waals surface area contributed by atoms with Gasteiger partial charge in [0.25, 0.3) is 0 Å². The average molecular weight is 489 g/mol. The van der Waals surface area contributed by atoms with Gasteiger partial charge in [0, 0.05) is 53.6 Å². The molecule has 8 heteroatoms. The highest BCUT2D eigenvalue weighted by Gasteiger charge is 2.31. The van der Waals surface area contributed by atoms with Gasteiger partial charge in [-0.05, 0) is 24.1 Å². The van der Waals surface area contributed by atoms with E-state index >= 15 is 0 Å². The van der Waals surface area contributed by atoms with E-state index in [0.717, 1.165) is 73.0 Å². The van der Waals surface area contributed by atoms with Crippen LogP contribution in [0.25, 0.3) is 21.3 Å². The summed E-state index contributed by atoms with van der Waals surface area (Å²) in [4.78, 5) is 12.7. The number of fused-ring (bicyclic) bond motifs is 1. The molecule has 1 N–H and O–H groups in total. The maximum absolute atomic E-state index is 5.71. The molecular formula is C22H25BrN4O2S. The third-order valence-corrected chi connectivity index (χ3v) is 7.44. The Kier molecular flexibility index (Phi) is 6.29. The minimum absolute atomic E-state index is 0.413. The molecule has 3 aromatic rings. The highest BCUT2D eigenvalue weighted by Crippen LogP contribution is 2.37. The number of thiophene rings is 1. The van der Waals surface area contributed by atoms with Crippen molar-refractivity contribution in [2.45, 2.75) is 12.5 Å². The standard InChI is InChI=1S/C22H25BrN4O2S/c23-17-3-1-15(2-4-17)18-13-30-22-20(18)21(25-14-26-22)24-11-19(16-5-8-29-12-16)27-6-9-28-10-7-27/h1-4,13-14,16,19H,5-12H2,(H,24,25,26). The molecule has 5 rings (SSSR count). The smallest absolute Gasteiger partial charge is 0.138 e. The first kappa shape index (κ1) is 20.3. The quantitative estimate of drug-likeness (QED) is 0.558. The van der Waals surface area contributed by atoms with Crippen LogP contribution in [-0.2, 0) is 9.47 Å². The van der Waals surface area contributed by atoms with Gasteiger partial charge in [-0.2, -0.15) is 0 Å². The number of aromatic nitrogens is 2. The number of benzene rings is 1. The van der Waals surface area contributed by atoms with E-state index in [1.807, 2.05) is 0 Å². The van der Waals surface area contributed by atoms with Crippen molar-refractivity contribution in [2.24, 2.45) is 5.92 Å². The summed E-state index contributed by atoms with van der Waals surface area (Å²) in [6.07, 6.45) is 2.78. The first-order valence-electron chi connectivity index (χ1n) is 10.4. The molecule has 2 aliphatic heterocycles. The summed E-state index contributed by atoms with van der Waals surface area (Å²) in [7, 11) is 0. The molecule has 0 bridgehead atoms. The fraction of sp³-hybridized carbons (Fsp3) is 0.455. The molecule has 2 saturated heterocycles. The van der Waals surface area contributed by atoms with Crippen LogP contribution in [0.2, 0.25) is 0 Å². The van der Waals surface area contributed by atoms with Crippen LogP contribution in [0.1, 0.15) is 6.42 Å². The number of morpholine rings is 1. The van der Waals surface area contributed by atoms with Crippen molar-refractivity contribution in [1.29, 1.82) is 0 Å². The van der Waals surface area contributed by atoms with E-state index in [0.29, 0.717) is 12.0 Å². The van der Waals surface area contributed by atoms with Gasteiger partial charge in [-0.25, -0.2) is 9.97 Å². The van der Waals surface area contributed by atoms with Crippen molar-refractivity contribution in [1.82, 2.24) is 14.9 Å². The van der Waals surface area contributed by atoms with E-state index in [2.05, 4.69) is 65.8 Å². The predicted molar refractivity (Wildman–Crippen MR) is 124 cm³/mol. The molecule has 0 aliphatic carbocycles.